The van der Waals surface area contributed by atoms with Crippen LogP contribution in [0.5, 0.6) is 34.8 Å². The Kier molecular flexibility index (Phi) is 19.9. The lowest BCUT2D eigenvalue weighted by Crippen LogP contribution is -2.17. The molecule has 17 heteroatoms. The molecule has 0 aliphatic heterocycles. The summed E-state index contributed by atoms with van der Waals surface area (Å²) in [7, 11) is 7.15. The number of ether oxygens (including phenoxy) is 4. The first-order valence-electron chi connectivity index (χ1n) is 20.4. The number of methoxy groups -OCH3 is 2. The SMILES string of the molecule is C=CC(=O)Nc1cccc(Oc2nc(Cl)ncc2OC)c1.C=CC(=O)Nc1cccc(Oc2nc(Nc3ccc(N(C)CCC)cc3)ncc2OC)c1.CCCN(C)c1ccc(N)cc1. The number of carbonyl (C=O) groups excluding carboxylic acids is 2. The molecule has 2 amide bonds. The number of nitrogens with one attached hydrogen (secondary N) is 3. The zero-order chi connectivity index (χ0) is 47.1. The predicted molar refractivity (Wildman–Crippen MR) is 261 cm³/mol. The molecule has 0 saturated carbocycles. The van der Waals surface area contributed by atoms with Crippen LogP contribution in [0.4, 0.5) is 40.1 Å². The summed E-state index contributed by atoms with van der Waals surface area (Å²) < 4.78 is 21.9. The summed E-state index contributed by atoms with van der Waals surface area (Å²) in [6.07, 6.45) is 7.59. The molecule has 6 aromatic rings. The molecule has 0 fully saturated rings. The van der Waals surface area contributed by atoms with Crippen LogP contribution >= 0.6 is 11.6 Å². The number of halogens is 1. The monoisotopic (exact) mass is 902 g/mol. The standard InChI is InChI=1S/C24H27N5O3.C14H12ClN3O3.C10H16N2/c1-5-14-29(3)19-12-10-17(11-13-19)27-24-25-16-21(31-4)23(28-24)32-20-9-7-8-18(15-20)26-22(30)6-2;1-3-12(19)17-9-5-4-6-10(7-9)21-13-11(20-2)8-16-14(15)18-13;1-3-8-12(2)10-6-4-9(11)5-7-10/h6-13,15-16H,2,5,14H2,1,3-4H3,(H,26,30)(H,25,27,28);3-8H,1H2,2H3,(H,17,19);4-7H,3,8,11H2,1-2H3. The molecule has 16 nitrogen and oxygen atoms in total. The molecule has 65 heavy (non-hydrogen) atoms. The Bertz CT molecular complexity index is 2470. The summed E-state index contributed by atoms with van der Waals surface area (Å²) in [5, 5.41) is 8.55. The van der Waals surface area contributed by atoms with Gasteiger partial charge in [0.15, 0.2) is 11.5 Å². The van der Waals surface area contributed by atoms with E-state index in [1.54, 1.807) is 48.5 Å². The number of hydrogen-bond acceptors (Lipinski definition) is 14. The Morgan fingerprint density at radius 1 is 0.677 bits per heavy atom. The van der Waals surface area contributed by atoms with Crippen molar-refractivity contribution < 1.29 is 28.5 Å². The number of anilines is 7. The Labute approximate surface area is 385 Å². The Hall–Kier alpha value is -7.85. The van der Waals surface area contributed by atoms with E-state index in [0.29, 0.717) is 40.3 Å². The van der Waals surface area contributed by atoms with Gasteiger partial charge in [0.1, 0.15) is 11.5 Å². The summed E-state index contributed by atoms with van der Waals surface area (Å²) in [6, 6.07) is 29.7. The van der Waals surface area contributed by atoms with E-state index in [9.17, 15) is 9.59 Å². The fourth-order valence-electron chi connectivity index (χ4n) is 5.65. The van der Waals surface area contributed by atoms with Crippen molar-refractivity contribution in [1.29, 1.82) is 0 Å². The minimum atomic E-state index is -0.310. The molecule has 0 aliphatic rings. The Morgan fingerprint density at radius 3 is 1.60 bits per heavy atom. The maximum absolute atomic E-state index is 11.5. The van der Waals surface area contributed by atoms with Crippen LogP contribution in [0.25, 0.3) is 0 Å². The maximum Gasteiger partial charge on any atom is 0.267 e. The number of nitrogens with two attached hydrogens (primary N) is 1. The minimum Gasteiger partial charge on any atom is -0.490 e. The van der Waals surface area contributed by atoms with Crippen LogP contribution in [-0.4, -0.2) is 73.2 Å². The van der Waals surface area contributed by atoms with Gasteiger partial charge in [-0.3, -0.25) is 9.59 Å². The van der Waals surface area contributed by atoms with Gasteiger partial charge in [-0.15, -0.1) is 0 Å². The second-order valence-corrected chi connectivity index (χ2v) is 14.2. The smallest absolute Gasteiger partial charge is 0.267 e. The van der Waals surface area contributed by atoms with Crippen LogP contribution < -0.4 is 50.4 Å². The van der Waals surface area contributed by atoms with Crippen molar-refractivity contribution in [3.8, 4) is 34.8 Å². The molecular weight excluding hydrogens is 848 g/mol. The number of amides is 2. The van der Waals surface area contributed by atoms with E-state index in [-0.39, 0.29) is 28.9 Å². The van der Waals surface area contributed by atoms with E-state index in [0.717, 1.165) is 36.6 Å². The molecule has 0 radical (unpaired) electrons. The fourth-order valence-corrected chi connectivity index (χ4v) is 5.77. The van der Waals surface area contributed by atoms with Crippen molar-refractivity contribution in [3.05, 3.63) is 140 Å². The van der Waals surface area contributed by atoms with Gasteiger partial charge < -0.3 is 50.4 Å². The molecular formula is C48H55ClN10O6. The number of nitrogens with zero attached hydrogens (tertiary/aromatic N) is 6. The van der Waals surface area contributed by atoms with Gasteiger partial charge in [-0.25, -0.2) is 9.97 Å². The average molecular weight is 903 g/mol. The molecule has 0 atom stereocenters. The van der Waals surface area contributed by atoms with Gasteiger partial charge in [0.25, 0.3) is 11.8 Å². The second kappa shape index (κ2) is 25.9. The first kappa shape index (κ1) is 49.8. The second-order valence-electron chi connectivity index (χ2n) is 13.8. The fraction of sp³-hybridized carbons (Fsp3) is 0.208. The molecule has 0 bridgehead atoms. The molecule has 6 rings (SSSR count). The topological polar surface area (TPSA) is 191 Å². The van der Waals surface area contributed by atoms with Crippen LogP contribution in [0.3, 0.4) is 0 Å². The molecule has 5 N–H and O–H groups in total. The number of carbonyl (C=O) groups is 2. The number of nitrogen functional groups attached to an aromatic ring is 1. The van der Waals surface area contributed by atoms with Crippen molar-refractivity contribution in [1.82, 2.24) is 19.9 Å². The lowest BCUT2D eigenvalue weighted by molar-refractivity contribution is -0.112. The molecule has 2 heterocycles. The highest BCUT2D eigenvalue weighted by Crippen LogP contribution is 2.33. The van der Waals surface area contributed by atoms with Crippen LogP contribution in [0.15, 0.2) is 135 Å². The first-order chi connectivity index (χ1) is 31.4. The molecule has 340 valence electrons. The molecule has 4 aromatic carbocycles. The third kappa shape index (κ3) is 16.4. The Balaban J connectivity index is 0.000000239. The minimum absolute atomic E-state index is 0.0434. The quantitative estimate of drug-likeness (QED) is 0.0362. The summed E-state index contributed by atoms with van der Waals surface area (Å²) in [5.74, 6) is 1.86. The third-order valence-electron chi connectivity index (χ3n) is 8.87. The molecule has 0 spiro atoms. The highest BCUT2D eigenvalue weighted by molar-refractivity contribution is 6.28. The van der Waals surface area contributed by atoms with E-state index < -0.39 is 0 Å². The molecule has 0 aliphatic carbocycles. The molecule has 0 unspecified atom stereocenters. The van der Waals surface area contributed by atoms with Crippen LogP contribution in [-0.2, 0) is 9.59 Å². The highest BCUT2D eigenvalue weighted by atomic mass is 35.5. The van der Waals surface area contributed by atoms with Gasteiger partial charge in [0.2, 0.25) is 23.0 Å². The van der Waals surface area contributed by atoms with Crippen molar-refractivity contribution in [2.45, 2.75) is 26.7 Å². The lowest BCUT2D eigenvalue weighted by atomic mass is 10.2. The van der Waals surface area contributed by atoms with Crippen molar-refractivity contribution in [2.24, 2.45) is 0 Å². The number of rotatable bonds is 18. The third-order valence-corrected chi connectivity index (χ3v) is 9.06. The Morgan fingerprint density at radius 2 is 1.14 bits per heavy atom. The van der Waals surface area contributed by atoms with Gasteiger partial charge in [0.05, 0.1) is 26.6 Å². The number of benzene rings is 4. The number of hydrogen-bond donors (Lipinski definition) is 4. The van der Waals surface area contributed by atoms with Gasteiger partial charge >= 0.3 is 0 Å². The van der Waals surface area contributed by atoms with Crippen LogP contribution in [0.1, 0.15) is 26.7 Å². The summed E-state index contributed by atoms with van der Waals surface area (Å²) in [6.45, 7) is 13.2. The predicted octanol–water partition coefficient (Wildman–Crippen LogP) is 10.2. The van der Waals surface area contributed by atoms with Crippen LogP contribution in [0.2, 0.25) is 5.28 Å². The van der Waals surface area contributed by atoms with Gasteiger partial charge in [0, 0.05) is 73.4 Å². The lowest BCUT2D eigenvalue weighted by Gasteiger charge is -2.18. The largest absolute Gasteiger partial charge is 0.490 e. The molecule has 0 saturated heterocycles. The maximum atomic E-state index is 11.5. The van der Waals surface area contributed by atoms with Gasteiger partial charge in [-0.1, -0.05) is 39.1 Å². The van der Waals surface area contributed by atoms with E-state index >= 15 is 0 Å². The van der Waals surface area contributed by atoms with E-state index in [1.807, 2.05) is 48.5 Å². The van der Waals surface area contributed by atoms with Crippen molar-refractivity contribution in [3.63, 3.8) is 0 Å². The van der Waals surface area contributed by atoms with Gasteiger partial charge in [-0.2, -0.15) is 9.97 Å². The summed E-state index contributed by atoms with van der Waals surface area (Å²) in [4.78, 5) is 43.7. The van der Waals surface area contributed by atoms with E-state index in [2.05, 4.69) is 86.8 Å². The number of aromatic nitrogens is 4. The van der Waals surface area contributed by atoms with Crippen molar-refractivity contribution >= 4 is 63.5 Å². The summed E-state index contributed by atoms with van der Waals surface area (Å²) in [5.41, 5.74) is 10.8. The normalized spacial score (nSPS) is 10.0. The molecule has 2 aromatic heterocycles. The van der Waals surface area contributed by atoms with Gasteiger partial charge in [-0.05, 0) is 109 Å². The summed E-state index contributed by atoms with van der Waals surface area (Å²) >= 11 is 5.73. The van der Waals surface area contributed by atoms with E-state index in [4.69, 9.17) is 36.3 Å². The van der Waals surface area contributed by atoms with E-state index in [1.165, 1.54) is 50.9 Å². The zero-order valence-corrected chi connectivity index (χ0v) is 38.1. The highest BCUT2D eigenvalue weighted by Gasteiger charge is 2.13. The zero-order valence-electron chi connectivity index (χ0n) is 37.4. The van der Waals surface area contributed by atoms with Crippen LogP contribution in [0, 0.1) is 0 Å². The average Bonchev–Trinajstić information content (AvgIpc) is 3.30. The first-order valence-corrected chi connectivity index (χ1v) is 20.8. The van der Waals surface area contributed by atoms with Crippen molar-refractivity contribution in [2.75, 3.05) is 72.9 Å².